The highest BCUT2D eigenvalue weighted by molar-refractivity contribution is 7.09. The zero-order valence-electron chi connectivity index (χ0n) is 12.5. The van der Waals surface area contributed by atoms with Gasteiger partial charge in [-0.15, -0.1) is 0 Å². The molecule has 22 heavy (non-hydrogen) atoms. The van der Waals surface area contributed by atoms with Gasteiger partial charge in [0.15, 0.2) is 5.82 Å². The van der Waals surface area contributed by atoms with E-state index < -0.39 is 0 Å². The maximum atomic E-state index is 5.14. The Hall–Kier alpha value is -1.96. The molecule has 2 aromatic rings. The van der Waals surface area contributed by atoms with Crippen molar-refractivity contribution in [3.8, 4) is 5.88 Å². The van der Waals surface area contributed by atoms with Crippen molar-refractivity contribution in [1.82, 2.24) is 19.3 Å². The van der Waals surface area contributed by atoms with Crippen LogP contribution in [-0.2, 0) is 0 Å². The monoisotopic (exact) mass is 318 g/mol. The summed E-state index contributed by atoms with van der Waals surface area (Å²) < 4.78 is 9.63. The Labute approximate surface area is 133 Å². The van der Waals surface area contributed by atoms with E-state index >= 15 is 0 Å². The number of nitrogens with zero attached hydrogens (tertiary/aromatic N) is 6. The maximum Gasteiger partial charge on any atom is 0.233 e. The third-order valence-corrected chi connectivity index (χ3v) is 4.85. The second-order valence-electron chi connectivity index (χ2n) is 5.60. The molecule has 3 heterocycles. The summed E-state index contributed by atoms with van der Waals surface area (Å²) in [4.78, 5) is 17.9. The summed E-state index contributed by atoms with van der Waals surface area (Å²) in [6.07, 6.45) is 5.91. The van der Waals surface area contributed by atoms with Crippen LogP contribution in [0.1, 0.15) is 24.6 Å². The third-order valence-electron chi connectivity index (χ3n) is 4.06. The number of hydrogen-bond donors (Lipinski definition) is 0. The first-order chi connectivity index (χ1) is 10.8. The quantitative estimate of drug-likeness (QED) is 0.847. The molecular weight excluding hydrogens is 300 g/mol. The first-order valence-corrected chi connectivity index (χ1v) is 8.30. The van der Waals surface area contributed by atoms with E-state index in [9.17, 15) is 0 Å². The van der Waals surface area contributed by atoms with E-state index in [1.165, 1.54) is 24.4 Å². The van der Waals surface area contributed by atoms with Crippen LogP contribution < -0.4 is 14.5 Å². The largest absolute Gasteiger partial charge is 0.480 e. The van der Waals surface area contributed by atoms with Gasteiger partial charge in [0.05, 0.1) is 19.5 Å². The summed E-state index contributed by atoms with van der Waals surface area (Å²) in [6, 6.07) is 0. The predicted octanol–water partition coefficient (Wildman–Crippen LogP) is 1.54. The number of anilines is 2. The molecule has 4 rings (SSSR count). The summed E-state index contributed by atoms with van der Waals surface area (Å²) in [6.45, 7) is 3.66. The lowest BCUT2D eigenvalue weighted by Gasteiger charge is -2.34. The van der Waals surface area contributed by atoms with Crippen LogP contribution >= 0.6 is 11.5 Å². The summed E-state index contributed by atoms with van der Waals surface area (Å²) in [5.41, 5.74) is 0. The molecule has 0 unspecified atom stereocenters. The Bertz CT molecular complexity index is 650. The van der Waals surface area contributed by atoms with Crippen LogP contribution in [0.25, 0.3) is 0 Å². The molecule has 0 bridgehead atoms. The number of methoxy groups -OCH3 is 1. The van der Waals surface area contributed by atoms with E-state index in [2.05, 4.69) is 29.1 Å². The third kappa shape index (κ3) is 2.70. The van der Waals surface area contributed by atoms with Gasteiger partial charge in [0.25, 0.3) is 0 Å². The second kappa shape index (κ2) is 5.68. The minimum absolute atomic E-state index is 0.554. The highest BCUT2D eigenvalue weighted by Gasteiger charge is 2.29. The van der Waals surface area contributed by atoms with Gasteiger partial charge in [-0.3, -0.25) is 4.98 Å². The molecule has 0 amide bonds. The van der Waals surface area contributed by atoms with E-state index in [1.54, 1.807) is 19.5 Å². The van der Waals surface area contributed by atoms with Crippen LogP contribution in [0.2, 0.25) is 0 Å². The fourth-order valence-electron chi connectivity index (χ4n) is 2.58. The van der Waals surface area contributed by atoms with Crippen molar-refractivity contribution in [2.75, 3.05) is 43.1 Å². The van der Waals surface area contributed by atoms with E-state index in [4.69, 9.17) is 4.74 Å². The van der Waals surface area contributed by atoms with Crippen molar-refractivity contribution >= 4 is 22.5 Å². The maximum absolute atomic E-state index is 5.14. The lowest BCUT2D eigenvalue weighted by molar-refractivity contribution is 0.395. The van der Waals surface area contributed by atoms with Crippen LogP contribution in [0.15, 0.2) is 12.4 Å². The Kier molecular flexibility index (Phi) is 3.53. The van der Waals surface area contributed by atoms with Gasteiger partial charge in [0, 0.05) is 43.6 Å². The van der Waals surface area contributed by atoms with Gasteiger partial charge in [0.1, 0.15) is 5.82 Å². The molecule has 2 aromatic heterocycles. The van der Waals surface area contributed by atoms with Crippen molar-refractivity contribution in [3.63, 3.8) is 0 Å². The molecule has 1 saturated carbocycles. The highest BCUT2D eigenvalue weighted by atomic mass is 32.1. The summed E-state index contributed by atoms with van der Waals surface area (Å²) in [5.74, 6) is 3.09. The van der Waals surface area contributed by atoms with Gasteiger partial charge < -0.3 is 14.5 Å². The molecule has 2 fully saturated rings. The van der Waals surface area contributed by atoms with Crippen molar-refractivity contribution in [3.05, 3.63) is 18.2 Å². The molecule has 7 nitrogen and oxygen atoms in total. The van der Waals surface area contributed by atoms with Crippen LogP contribution in [0.4, 0.5) is 10.9 Å². The normalized spacial score (nSPS) is 18.6. The average molecular weight is 318 g/mol. The minimum Gasteiger partial charge on any atom is -0.480 e. The lowest BCUT2D eigenvalue weighted by Crippen LogP contribution is -2.46. The number of rotatable bonds is 4. The zero-order chi connectivity index (χ0) is 14.9. The van der Waals surface area contributed by atoms with E-state index in [0.29, 0.717) is 11.8 Å². The number of piperazine rings is 1. The molecule has 0 spiro atoms. The summed E-state index contributed by atoms with van der Waals surface area (Å²) >= 11 is 1.53. The number of aromatic nitrogens is 4. The van der Waals surface area contributed by atoms with E-state index in [1.807, 2.05) is 0 Å². The van der Waals surface area contributed by atoms with Gasteiger partial charge >= 0.3 is 0 Å². The first-order valence-electron chi connectivity index (χ1n) is 7.53. The molecule has 2 aliphatic rings. The van der Waals surface area contributed by atoms with Crippen LogP contribution in [0, 0.1) is 0 Å². The van der Waals surface area contributed by atoms with Crippen molar-refractivity contribution in [2.45, 2.75) is 18.8 Å². The zero-order valence-corrected chi connectivity index (χ0v) is 13.3. The van der Waals surface area contributed by atoms with Crippen molar-refractivity contribution in [1.29, 1.82) is 0 Å². The SMILES string of the molecule is COc1cncc(N2CCN(c3nc(C4CC4)ns3)CC2)n1. The van der Waals surface area contributed by atoms with Crippen LogP contribution in [0.5, 0.6) is 5.88 Å². The molecule has 0 atom stereocenters. The smallest absolute Gasteiger partial charge is 0.233 e. The molecule has 116 valence electrons. The van der Waals surface area contributed by atoms with Gasteiger partial charge in [-0.05, 0) is 12.8 Å². The Balaban J connectivity index is 1.40. The molecule has 0 N–H and O–H groups in total. The molecule has 1 saturated heterocycles. The second-order valence-corrected chi connectivity index (χ2v) is 6.33. The Morgan fingerprint density at radius 1 is 1.09 bits per heavy atom. The van der Waals surface area contributed by atoms with E-state index in [0.717, 1.165) is 43.0 Å². The minimum atomic E-state index is 0.554. The van der Waals surface area contributed by atoms with Crippen LogP contribution in [-0.4, -0.2) is 52.6 Å². The van der Waals surface area contributed by atoms with E-state index in [-0.39, 0.29) is 0 Å². The van der Waals surface area contributed by atoms with Gasteiger partial charge in [-0.25, -0.2) is 4.98 Å². The fraction of sp³-hybridized carbons (Fsp3) is 0.571. The summed E-state index contributed by atoms with van der Waals surface area (Å²) in [7, 11) is 1.61. The van der Waals surface area contributed by atoms with Gasteiger partial charge in [0.2, 0.25) is 11.0 Å². The molecule has 8 heteroatoms. The fourth-order valence-corrected chi connectivity index (χ4v) is 3.38. The first kappa shape index (κ1) is 13.7. The van der Waals surface area contributed by atoms with Crippen molar-refractivity contribution < 1.29 is 4.74 Å². The molecule has 0 aromatic carbocycles. The van der Waals surface area contributed by atoms with Gasteiger partial charge in [-0.1, -0.05) is 0 Å². The molecule has 0 radical (unpaired) electrons. The molecular formula is C14H18N6OS. The topological polar surface area (TPSA) is 67.3 Å². The standard InChI is InChI=1S/C14H18N6OS/c1-21-12-9-15-8-11(16-12)19-4-6-20(7-5-19)14-17-13(18-22-14)10-2-3-10/h8-10H,2-7H2,1H3. The number of hydrogen-bond acceptors (Lipinski definition) is 8. The average Bonchev–Trinajstić information content (AvgIpc) is 3.32. The summed E-state index contributed by atoms with van der Waals surface area (Å²) in [5, 5.41) is 1.05. The van der Waals surface area contributed by atoms with Gasteiger partial charge in [-0.2, -0.15) is 9.36 Å². The number of ether oxygens (including phenoxy) is 1. The molecule has 1 aliphatic heterocycles. The van der Waals surface area contributed by atoms with Crippen molar-refractivity contribution in [2.24, 2.45) is 0 Å². The van der Waals surface area contributed by atoms with Crippen LogP contribution in [0.3, 0.4) is 0 Å². The Morgan fingerprint density at radius 2 is 1.86 bits per heavy atom. The lowest BCUT2D eigenvalue weighted by atomic mass is 10.3. The Morgan fingerprint density at radius 3 is 2.59 bits per heavy atom. The predicted molar refractivity (Wildman–Crippen MR) is 84.9 cm³/mol. The molecule has 1 aliphatic carbocycles. The highest BCUT2D eigenvalue weighted by Crippen LogP contribution is 2.39.